The second kappa shape index (κ2) is 9.13. The van der Waals surface area contributed by atoms with Gasteiger partial charge in [-0.25, -0.2) is 8.42 Å². The minimum Gasteiger partial charge on any atom is -0.353 e. The fourth-order valence-electron chi connectivity index (χ4n) is 2.29. The van der Waals surface area contributed by atoms with Crippen molar-refractivity contribution in [1.29, 1.82) is 0 Å². The highest BCUT2D eigenvalue weighted by Gasteiger charge is 2.18. The van der Waals surface area contributed by atoms with E-state index in [2.05, 4.69) is 5.32 Å². The number of nitrogens with zero attached hydrogens (tertiary/aromatic N) is 1. The molecule has 1 N–H and O–H groups in total. The van der Waals surface area contributed by atoms with Crippen LogP contribution in [-0.2, 0) is 14.8 Å². The van der Waals surface area contributed by atoms with E-state index >= 15 is 0 Å². The topological polar surface area (TPSA) is 66.5 Å². The van der Waals surface area contributed by atoms with E-state index in [1.54, 1.807) is 24.3 Å². The van der Waals surface area contributed by atoms with Gasteiger partial charge in [-0.3, -0.25) is 9.10 Å². The summed E-state index contributed by atoms with van der Waals surface area (Å²) in [6.45, 7) is 4.30. The first kappa shape index (κ1) is 19.8. The molecule has 0 aromatic heterocycles. The number of hydrogen-bond donors (Lipinski definition) is 1. The largest absolute Gasteiger partial charge is 0.353 e. The lowest BCUT2D eigenvalue weighted by molar-refractivity contribution is -0.121. The molecule has 0 heterocycles. The van der Waals surface area contributed by atoms with Gasteiger partial charge in [0, 0.05) is 24.0 Å². The minimum atomic E-state index is -3.42. The molecule has 0 unspecified atom stereocenters. The van der Waals surface area contributed by atoms with E-state index in [0.717, 1.165) is 19.1 Å². The molecule has 0 fully saturated rings. The van der Waals surface area contributed by atoms with Gasteiger partial charge < -0.3 is 5.32 Å². The molecule has 0 atom stereocenters. The maximum atomic E-state index is 12.0. The Balaban J connectivity index is 2.65. The molecule has 1 aromatic rings. The number of carbonyl (C=O) groups excluding carboxylic acids is 1. The number of benzene rings is 1. The molecule has 0 radical (unpaired) electrons. The quantitative estimate of drug-likeness (QED) is 0.735. The maximum Gasteiger partial charge on any atom is 0.232 e. The van der Waals surface area contributed by atoms with Crippen LogP contribution in [0.2, 0.25) is 5.02 Å². The Hall–Kier alpha value is -1.27. The van der Waals surface area contributed by atoms with Crippen molar-refractivity contribution in [3.8, 4) is 0 Å². The van der Waals surface area contributed by atoms with E-state index in [0.29, 0.717) is 23.6 Å². The van der Waals surface area contributed by atoms with E-state index < -0.39 is 10.0 Å². The first-order valence-electron chi connectivity index (χ1n) is 7.80. The standard InChI is InChI=1S/C16H25ClN2O3S/c1-4-14(5-2)18-16(20)10-7-11-19(23(3,21)22)15-9-6-8-13(17)12-15/h6,8-9,12,14H,4-5,7,10-11H2,1-3H3,(H,18,20). The smallest absolute Gasteiger partial charge is 0.232 e. The molecule has 1 amide bonds. The highest BCUT2D eigenvalue weighted by Crippen LogP contribution is 2.22. The molecule has 0 spiro atoms. The van der Waals surface area contributed by atoms with Gasteiger partial charge in [0.2, 0.25) is 15.9 Å². The summed E-state index contributed by atoms with van der Waals surface area (Å²) < 4.78 is 25.2. The predicted molar refractivity (Wildman–Crippen MR) is 95.4 cm³/mol. The van der Waals surface area contributed by atoms with Gasteiger partial charge in [-0.15, -0.1) is 0 Å². The Morgan fingerprint density at radius 3 is 2.48 bits per heavy atom. The van der Waals surface area contributed by atoms with Crippen LogP contribution < -0.4 is 9.62 Å². The average Bonchev–Trinajstić information content (AvgIpc) is 2.47. The number of carbonyl (C=O) groups is 1. The molecular weight excluding hydrogens is 336 g/mol. The van der Waals surface area contributed by atoms with Gasteiger partial charge in [0.25, 0.3) is 0 Å². The van der Waals surface area contributed by atoms with Crippen LogP contribution in [0.1, 0.15) is 39.5 Å². The Kier molecular flexibility index (Phi) is 7.85. The fourth-order valence-corrected chi connectivity index (χ4v) is 3.44. The summed E-state index contributed by atoms with van der Waals surface area (Å²) >= 11 is 5.93. The van der Waals surface area contributed by atoms with Crippen LogP contribution in [0.15, 0.2) is 24.3 Å². The van der Waals surface area contributed by atoms with Crippen molar-refractivity contribution >= 4 is 33.2 Å². The van der Waals surface area contributed by atoms with Gasteiger partial charge in [0.1, 0.15) is 0 Å². The summed E-state index contributed by atoms with van der Waals surface area (Å²) in [6.07, 6.45) is 3.67. The molecule has 5 nitrogen and oxygen atoms in total. The summed E-state index contributed by atoms with van der Waals surface area (Å²) in [5, 5.41) is 3.42. The van der Waals surface area contributed by atoms with Gasteiger partial charge >= 0.3 is 0 Å². The van der Waals surface area contributed by atoms with Gasteiger partial charge in [-0.05, 0) is 37.5 Å². The van der Waals surface area contributed by atoms with Gasteiger partial charge in [0.05, 0.1) is 11.9 Å². The molecule has 0 aliphatic rings. The first-order chi connectivity index (χ1) is 10.8. The lowest BCUT2D eigenvalue weighted by Gasteiger charge is -2.22. The van der Waals surface area contributed by atoms with Gasteiger partial charge in [0.15, 0.2) is 0 Å². The third kappa shape index (κ3) is 6.79. The van der Waals surface area contributed by atoms with E-state index in [4.69, 9.17) is 11.6 Å². The molecule has 0 saturated carbocycles. The van der Waals surface area contributed by atoms with Crippen molar-refractivity contribution in [2.45, 2.75) is 45.6 Å². The Morgan fingerprint density at radius 2 is 1.96 bits per heavy atom. The van der Waals surface area contributed by atoms with E-state index in [9.17, 15) is 13.2 Å². The number of nitrogens with one attached hydrogen (secondary N) is 1. The van der Waals surface area contributed by atoms with Crippen LogP contribution >= 0.6 is 11.6 Å². The molecule has 0 aliphatic heterocycles. The molecule has 0 bridgehead atoms. The Labute approximate surface area is 144 Å². The van der Waals surface area contributed by atoms with Crippen LogP contribution in [0, 0.1) is 0 Å². The maximum absolute atomic E-state index is 12.0. The monoisotopic (exact) mass is 360 g/mol. The zero-order chi connectivity index (χ0) is 17.5. The zero-order valence-electron chi connectivity index (χ0n) is 13.9. The van der Waals surface area contributed by atoms with E-state index in [-0.39, 0.29) is 18.5 Å². The Morgan fingerprint density at radius 1 is 1.30 bits per heavy atom. The minimum absolute atomic E-state index is 0.0433. The lowest BCUT2D eigenvalue weighted by atomic mass is 10.1. The number of hydrogen-bond acceptors (Lipinski definition) is 3. The van der Waals surface area contributed by atoms with Crippen molar-refractivity contribution in [3.05, 3.63) is 29.3 Å². The number of halogens is 1. The van der Waals surface area contributed by atoms with Crippen molar-refractivity contribution in [3.63, 3.8) is 0 Å². The molecule has 1 rings (SSSR count). The summed E-state index contributed by atoms with van der Waals surface area (Å²) in [4.78, 5) is 11.9. The first-order valence-corrected chi connectivity index (χ1v) is 10.0. The van der Waals surface area contributed by atoms with Crippen molar-refractivity contribution in [2.75, 3.05) is 17.1 Å². The van der Waals surface area contributed by atoms with E-state index in [1.165, 1.54) is 4.31 Å². The molecule has 7 heteroatoms. The summed E-state index contributed by atoms with van der Waals surface area (Å²) in [5.41, 5.74) is 0.514. The molecule has 23 heavy (non-hydrogen) atoms. The fraction of sp³-hybridized carbons (Fsp3) is 0.562. The van der Waals surface area contributed by atoms with Gasteiger partial charge in [-0.2, -0.15) is 0 Å². The molecule has 0 saturated heterocycles. The summed E-state index contributed by atoms with van der Waals surface area (Å²) in [6, 6.07) is 6.87. The van der Waals surface area contributed by atoms with Crippen LogP contribution in [0.25, 0.3) is 0 Å². The third-order valence-electron chi connectivity index (χ3n) is 3.61. The average molecular weight is 361 g/mol. The molecular formula is C16H25ClN2O3S. The van der Waals surface area contributed by atoms with Crippen molar-refractivity contribution in [1.82, 2.24) is 5.32 Å². The van der Waals surface area contributed by atoms with Crippen LogP contribution in [0.5, 0.6) is 0 Å². The van der Waals surface area contributed by atoms with Crippen molar-refractivity contribution < 1.29 is 13.2 Å². The highest BCUT2D eigenvalue weighted by molar-refractivity contribution is 7.92. The number of sulfonamides is 1. The highest BCUT2D eigenvalue weighted by atomic mass is 35.5. The lowest BCUT2D eigenvalue weighted by Crippen LogP contribution is -2.35. The third-order valence-corrected chi connectivity index (χ3v) is 5.04. The normalized spacial score (nSPS) is 11.5. The Bertz CT molecular complexity index is 616. The number of anilines is 1. The molecule has 1 aromatic carbocycles. The van der Waals surface area contributed by atoms with E-state index in [1.807, 2.05) is 13.8 Å². The molecule has 130 valence electrons. The summed E-state index contributed by atoms with van der Waals surface area (Å²) in [7, 11) is -3.42. The van der Waals surface area contributed by atoms with Crippen LogP contribution in [0.3, 0.4) is 0 Å². The predicted octanol–water partition coefficient (Wildman–Crippen LogP) is 3.19. The second-order valence-electron chi connectivity index (χ2n) is 5.50. The van der Waals surface area contributed by atoms with Crippen LogP contribution in [0.4, 0.5) is 5.69 Å². The van der Waals surface area contributed by atoms with Crippen LogP contribution in [-0.4, -0.2) is 33.2 Å². The number of rotatable bonds is 9. The molecule has 0 aliphatic carbocycles. The number of amides is 1. The van der Waals surface area contributed by atoms with Gasteiger partial charge in [-0.1, -0.05) is 31.5 Å². The zero-order valence-corrected chi connectivity index (χ0v) is 15.5. The summed E-state index contributed by atoms with van der Waals surface area (Å²) in [5.74, 6) is -0.0433. The van der Waals surface area contributed by atoms with Crippen molar-refractivity contribution in [2.24, 2.45) is 0 Å². The SMILES string of the molecule is CCC(CC)NC(=O)CCCN(c1cccc(Cl)c1)S(C)(=O)=O. The second-order valence-corrected chi connectivity index (χ2v) is 7.84.